The van der Waals surface area contributed by atoms with Gasteiger partial charge in [-0.1, -0.05) is 11.6 Å². The highest BCUT2D eigenvalue weighted by Crippen LogP contribution is 2.09. The van der Waals surface area contributed by atoms with Crippen molar-refractivity contribution in [1.29, 1.82) is 0 Å². The lowest BCUT2D eigenvalue weighted by atomic mass is 10.3. The van der Waals surface area contributed by atoms with Crippen molar-refractivity contribution in [2.24, 2.45) is 0 Å². The third kappa shape index (κ3) is 3.21. The molecule has 1 amide bonds. The lowest BCUT2D eigenvalue weighted by Crippen LogP contribution is -2.32. The predicted octanol–water partition coefficient (Wildman–Crippen LogP) is 0.892. The van der Waals surface area contributed by atoms with Crippen LogP contribution in [0.3, 0.4) is 0 Å². The van der Waals surface area contributed by atoms with Gasteiger partial charge in [-0.25, -0.2) is 0 Å². The van der Waals surface area contributed by atoms with Crippen LogP contribution in [-0.4, -0.2) is 40.5 Å². The van der Waals surface area contributed by atoms with Gasteiger partial charge in [0.25, 0.3) is 5.91 Å². The number of rotatable bonds is 3. The van der Waals surface area contributed by atoms with Crippen LogP contribution >= 0.6 is 11.6 Å². The van der Waals surface area contributed by atoms with Crippen LogP contribution < -0.4 is 0 Å². The fourth-order valence-corrected chi connectivity index (χ4v) is 1.15. The van der Waals surface area contributed by atoms with E-state index in [-0.39, 0.29) is 12.2 Å². The minimum Gasteiger partial charge on any atom is -0.480 e. The lowest BCUT2D eigenvalue weighted by molar-refractivity contribution is -0.137. The van der Waals surface area contributed by atoms with E-state index in [1.54, 1.807) is 0 Å². The van der Waals surface area contributed by atoms with Crippen molar-refractivity contribution in [2.75, 3.05) is 13.6 Å². The van der Waals surface area contributed by atoms with E-state index in [1.807, 2.05) is 0 Å². The standard InChI is InChI=1S/C9H9ClN2O3/c1-12(5-8(13)14)9(15)7-4-6(10)2-3-11-7/h2-4H,5H2,1H3,(H,13,14). The largest absolute Gasteiger partial charge is 0.480 e. The predicted molar refractivity (Wildman–Crippen MR) is 53.8 cm³/mol. The van der Waals surface area contributed by atoms with Crippen molar-refractivity contribution in [2.45, 2.75) is 0 Å². The Kier molecular flexibility index (Phi) is 3.62. The fourth-order valence-electron chi connectivity index (χ4n) is 0.992. The molecule has 0 saturated heterocycles. The molecule has 0 fully saturated rings. The number of amides is 1. The molecule has 6 heteroatoms. The molecule has 0 aliphatic rings. The quantitative estimate of drug-likeness (QED) is 0.834. The van der Waals surface area contributed by atoms with Gasteiger partial charge >= 0.3 is 5.97 Å². The van der Waals surface area contributed by atoms with Gasteiger partial charge in [0.1, 0.15) is 12.2 Å². The maximum Gasteiger partial charge on any atom is 0.323 e. The second kappa shape index (κ2) is 4.75. The van der Waals surface area contributed by atoms with Gasteiger partial charge in [-0.15, -0.1) is 0 Å². The van der Waals surface area contributed by atoms with Crippen molar-refractivity contribution < 1.29 is 14.7 Å². The summed E-state index contributed by atoms with van der Waals surface area (Å²) in [7, 11) is 1.39. The van der Waals surface area contributed by atoms with Gasteiger partial charge in [0, 0.05) is 18.3 Å². The highest BCUT2D eigenvalue weighted by Gasteiger charge is 2.15. The van der Waals surface area contributed by atoms with Gasteiger partial charge in [-0.2, -0.15) is 0 Å². The Morgan fingerprint density at radius 1 is 1.60 bits per heavy atom. The van der Waals surface area contributed by atoms with Crippen molar-refractivity contribution >= 4 is 23.5 Å². The number of hydrogen-bond donors (Lipinski definition) is 1. The van der Waals surface area contributed by atoms with Gasteiger partial charge < -0.3 is 10.0 Å². The number of nitrogens with zero attached hydrogens (tertiary/aromatic N) is 2. The van der Waals surface area contributed by atoms with Crippen molar-refractivity contribution in [3.05, 3.63) is 29.0 Å². The van der Waals surface area contributed by atoms with Crippen LogP contribution in [-0.2, 0) is 4.79 Å². The summed E-state index contributed by atoms with van der Waals surface area (Å²) in [6.07, 6.45) is 1.39. The van der Waals surface area contributed by atoms with E-state index in [0.29, 0.717) is 5.02 Å². The van der Waals surface area contributed by atoms with Crippen LogP contribution in [0.25, 0.3) is 0 Å². The zero-order valence-corrected chi connectivity index (χ0v) is 8.73. The summed E-state index contributed by atoms with van der Waals surface area (Å²) in [5.74, 6) is -1.55. The van der Waals surface area contributed by atoms with Gasteiger partial charge in [-0.05, 0) is 12.1 Å². The molecule has 0 aliphatic carbocycles. The summed E-state index contributed by atoms with van der Waals surface area (Å²) in [5.41, 5.74) is 0.131. The van der Waals surface area contributed by atoms with Gasteiger partial charge in [0.2, 0.25) is 0 Å². The molecular formula is C9H9ClN2O3. The molecule has 5 nitrogen and oxygen atoms in total. The van der Waals surface area contributed by atoms with E-state index in [4.69, 9.17) is 16.7 Å². The molecular weight excluding hydrogens is 220 g/mol. The number of halogens is 1. The molecule has 1 heterocycles. The Labute approximate surface area is 91.3 Å². The number of aromatic nitrogens is 1. The molecule has 1 aromatic heterocycles. The van der Waals surface area contributed by atoms with Crippen molar-refractivity contribution in [3.63, 3.8) is 0 Å². The molecule has 0 spiro atoms. The first-order chi connectivity index (χ1) is 7.00. The summed E-state index contributed by atoms with van der Waals surface area (Å²) in [6.45, 7) is -0.368. The smallest absolute Gasteiger partial charge is 0.323 e. The van der Waals surface area contributed by atoms with Gasteiger partial charge in [0.15, 0.2) is 0 Å². The number of carboxylic acids is 1. The third-order valence-electron chi connectivity index (χ3n) is 1.66. The van der Waals surface area contributed by atoms with E-state index in [1.165, 1.54) is 25.4 Å². The molecule has 1 rings (SSSR count). The first-order valence-electron chi connectivity index (χ1n) is 4.09. The minimum absolute atomic E-state index is 0.131. The lowest BCUT2D eigenvalue weighted by Gasteiger charge is -2.13. The van der Waals surface area contributed by atoms with Crippen LogP contribution in [0.1, 0.15) is 10.5 Å². The molecule has 0 radical (unpaired) electrons. The topological polar surface area (TPSA) is 70.5 Å². The Bertz CT molecular complexity index is 395. The number of carbonyl (C=O) groups is 2. The van der Waals surface area contributed by atoms with E-state index < -0.39 is 11.9 Å². The zero-order valence-electron chi connectivity index (χ0n) is 7.98. The third-order valence-corrected chi connectivity index (χ3v) is 1.90. The summed E-state index contributed by atoms with van der Waals surface area (Å²) in [6, 6.07) is 2.93. The van der Waals surface area contributed by atoms with Gasteiger partial charge in [-0.3, -0.25) is 14.6 Å². The molecule has 0 bridgehead atoms. The van der Waals surface area contributed by atoms with E-state index >= 15 is 0 Å². The van der Waals surface area contributed by atoms with Gasteiger partial charge in [0.05, 0.1) is 0 Å². The van der Waals surface area contributed by atoms with Crippen LogP contribution in [0.4, 0.5) is 0 Å². The first kappa shape index (κ1) is 11.5. The molecule has 0 unspecified atom stereocenters. The zero-order chi connectivity index (χ0) is 11.4. The second-order valence-corrected chi connectivity index (χ2v) is 3.35. The molecule has 80 valence electrons. The molecule has 0 saturated carbocycles. The molecule has 0 aliphatic heterocycles. The summed E-state index contributed by atoms with van der Waals surface area (Å²) in [5, 5.41) is 8.88. The molecule has 0 atom stereocenters. The maximum absolute atomic E-state index is 11.6. The summed E-state index contributed by atoms with van der Waals surface area (Å²) in [4.78, 5) is 26.8. The van der Waals surface area contributed by atoms with E-state index in [9.17, 15) is 9.59 Å². The van der Waals surface area contributed by atoms with Crippen molar-refractivity contribution in [3.8, 4) is 0 Å². The van der Waals surface area contributed by atoms with Crippen LogP contribution in [0.2, 0.25) is 5.02 Å². The van der Waals surface area contributed by atoms with E-state index in [2.05, 4.69) is 4.98 Å². The van der Waals surface area contributed by atoms with Crippen LogP contribution in [0, 0.1) is 0 Å². The number of pyridine rings is 1. The number of hydrogen-bond acceptors (Lipinski definition) is 3. The van der Waals surface area contributed by atoms with Crippen LogP contribution in [0.15, 0.2) is 18.3 Å². The number of likely N-dealkylation sites (N-methyl/N-ethyl adjacent to an activating group) is 1. The van der Waals surface area contributed by atoms with Crippen molar-refractivity contribution in [1.82, 2.24) is 9.88 Å². The molecule has 15 heavy (non-hydrogen) atoms. The monoisotopic (exact) mass is 228 g/mol. The Morgan fingerprint density at radius 2 is 2.27 bits per heavy atom. The molecule has 1 aromatic rings. The number of carboxylic acid groups (broad SMARTS) is 1. The molecule has 0 aromatic carbocycles. The van der Waals surface area contributed by atoms with Crippen LogP contribution in [0.5, 0.6) is 0 Å². The molecule has 1 N–H and O–H groups in total. The normalized spacial score (nSPS) is 9.73. The highest BCUT2D eigenvalue weighted by molar-refractivity contribution is 6.30. The summed E-state index contributed by atoms with van der Waals surface area (Å²) >= 11 is 5.67. The number of aliphatic carboxylic acids is 1. The Hall–Kier alpha value is -1.62. The average Bonchev–Trinajstić information content (AvgIpc) is 2.15. The first-order valence-corrected chi connectivity index (χ1v) is 4.47. The second-order valence-electron chi connectivity index (χ2n) is 2.91. The van der Waals surface area contributed by atoms with E-state index in [0.717, 1.165) is 4.90 Å². The fraction of sp³-hybridized carbons (Fsp3) is 0.222. The summed E-state index contributed by atoms with van der Waals surface area (Å²) < 4.78 is 0. The SMILES string of the molecule is CN(CC(=O)O)C(=O)c1cc(Cl)ccn1. The minimum atomic E-state index is -1.08. The highest BCUT2D eigenvalue weighted by atomic mass is 35.5. The average molecular weight is 229 g/mol. The maximum atomic E-state index is 11.6. The number of carbonyl (C=O) groups excluding carboxylic acids is 1. The Morgan fingerprint density at radius 3 is 2.80 bits per heavy atom. The Balaban J connectivity index is 2.80.